The molecule has 0 aliphatic rings. The van der Waals surface area contributed by atoms with Crippen LogP contribution in [-0.2, 0) is 13.1 Å². The highest BCUT2D eigenvalue weighted by Crippen LogP contribution is 2.25. The Morgan fingerprint density at radius 1 is 0.833 bits per heavy atom. The highest BCUT2D eigenvalue weighted by Gasteiger charge is 2.29. The zero-order chi connectivity index (χ0) is 21.1. The molecule has 0 saturated carbocycles. The SMILES string of the molecule is CC(C)(C)N(Cc1cccn1Cc1ccccc1)C(=O)c1cccc2ccccc12. The van der Waals surface area contributed by atoms with Gasteiger partial charge in [0, 0.05) is 29.5 Å². The maximum atomic E-state index is 13.7. The van der Waals surface area contributed by atoms with Crippen LogP contribution >= 0.6 is 0 Å². The van der Waals surface area contributed by atoms with Gasteiger partial charge in [-0.15, -0.1) is 0 Å². The Morgan fingerprint density at radius 2 is 1.53 bits per heavy atom. The van der Waals surface area contributed by atoms with Gasteiger partial charge in [0.05, 0.1) is 6.54 Å². The third-order valence-corrected chi connectivity index (χ3v) is 5.51. The molecule has 4 aromatic rings. The number of hydrogen-bond donors (Lipinski definition) is 0. The largest absolute Gasteiger partial charge is 0.345 e. The van der Waals surface area contributed by atoms with Crippen molar-refractivity contribution in [2.45, 2.75) is 39.4 Å². The summed E-state index contributed by atoms with van der Waals surface area (Å²) >= 11 is 0. The second-order valence-corrected chi connectivity index (χ2v) is 8.70. The standard InChI is InChI=1S/C27H28N2O/c1-27(2,3)29(26(30)25-17-9-14-22-13-7-8-16-24(22)25)20-23-15-10-18-28(23)19-21-11-5-4-6-12-21/h4-18H,19-20H2,1-3H3. The summed E-state index contributed by atoms with van der Waals surface area (Å²) in [6, 6.07) is 28.6. The van der Waals surface area contributed by atoms with E-state index >= 15 is 0 Å². The lowest BCUT2D eigenvalue weighted by molar-refractivity contribution is 0.0554. The Labute approximate surface area is 178 Å². The van der Waals surface area contributed by atoms with Crippen LogP contribution in [0, 0.1) is 0 Å². The zero-order valence-corrected chi connectivity index (χ0v) is 17.9. The zero-order valence-electron chi connectivity index (χ0n) is 17.9. The molecule has 3 aromatic carbocycles. The molecule has 4 rings (SSSR count). The number of fused-ring (bicyclic) bond motifs is 1. The maximum Gasteiger partial charge on any atom is 0.255 e. The quantitative estimate of drug-likeness (QED) is 0.398. The minimum absolute atomic E-state index is 0.0618. The Morgan fingerprint density at radius 3 is 2.30 bits per heavy atom. The number of aromatic nitrogens is 1. The van der Waals surface area contributed by atoms with Crippen LogP contribution in [-0.4, -0.2) is 20.9 Å². The molecule has 1 amide bonds. The van der Waals surface area contributed by atoms with Crippen LogP contribution in [0.5, 0.6) is 0 Å². The second kappa shape index (κ2) is 8.19. The number of rotatable bonds is 5. The van der Waals surface area contributed by atoms with E-state index in [4.69, 9.17) is 0 Å². The number of nitrogens with zero attached hydrogens (tertiary/aromatic N) is 2. The third-order valence-electron chi connectivity index (χ3n) is 5.51. The first-order valence-electron chi connectivity index (χ1n) is 10.4. The van der Waals surface area contributed by atoms with E-state index in [2.05, 4.69) is 80.1 Å². The lowest BCUT2D eigenvalue weighted by atomic mass is 9.99. The highest BCUT2D eigenvalue weighted by molar-refractivity contribution is 6.07. The first-order valence-corrected chi connectivity index (χ1v) is 10.4. The highest BCUT2D eigenvalue weighted by atomic mass is 16.2. The molecule has 0 bridgehead atoms. The molecule has 0 N–H and O–H groups in total. The Balaban J connectivity index is 1.67. The smallest absolute Gasteiger partial charge is 0.255 e. The summed E-state index contributed by atoms with van der Waals surface area (Å²) in [5, 5.41) is 2.09. The van der Waals surface area contributed by atoms with Crippen molar-refractivity contribution in [3.8, 4) is 0 Å². The number of carbonyl (C=O) groups is 1. The van der Waals surface area contributed by atoms with Gasteiger partial charge in [0.25, 0.3) is 5.91 Å². The molecular formula is C27H28N2O. The van der Waals surface area contributed by atoms with E-state index in [1.54, 1.807) is 0 Å². The molecule has 1 heterocycles. The van der Waals surface area contributed by atoms with Crippen LogP contribution in [0.4, 0.5) is 0 Å². The molecule has 0 saturated heterocycles. The van der Waals surface area contributed by atoms with Crippen LogP contribution in [0.15, 0.2) is 91.1 Å². The van der Waals surface area contributed by atoms with Crippen molar-refractivity contribution in [2.24, 2.45) is 0 Å². The van der Waals surface area contributed by atoms with Crippen LogP contribution in [0.25, 0.3) is 10.8 Å². The molecule has 3 heteroatoms. The van der Waals surface area contributed by atoms with Gasteiger partial charge < -0.3 is 9.47 Å². The average molecular weight is 397 g/mol. The normalized spacial score (nSPS) is 11.6. The predicted octanol–water partition coefficient (Wildman–Crippen LogP) is 6.13. The van der Waals surface area contributed by atoms with Crippen molar-refractivity contribution >= 4 is 16.7 Å². The van der Waals surface area contributed by atoms with Gasteiger partial charge in [-0.25, -0.2) is 0 Å². The van der Waals surface area contributed by atoms with Gasteiger partial charge in [-0.2, -0.15) is 0 Å². The van der Waals surface area contributed by atoms with Crippen molar-refractivity contribution in [1.82, 2.24) is 9.47 Å². The van der Waals surface area contributed by atoms with E-state index in [-0.39, 0.29) is 11.4 Å². The first-order chi connectivity index (χ1) is 14.4. The lowest BCUT2D eigenvalue weighted by Gasteiger charge is -2.36. The maximum absolute atomic E-state index is 13.7. The Kier molecular flexibility index (Phi) is 5.45. The second-order valence-electron chi connectivity index (χ2n) is 8.70. The van der Waals surface area contributed by atoms with E-state index in [1.165, 1.54) is 5.56 Å². The summed E-state index contributed by atoms with van der Waals surface area (Å²) in [5.41, 5.74) is 2.82. The van der Waals surface area contributed by atoms with E-state index < -0.39 is 0 Å². The van der Waals surface area contributed by atoms with Gasteiger partial charge in [-0.3, -0.25) is 4.79 Å². The number of hydrogen-bond acceptors (Lipinski definition) is 1. The van der Waals surface area contributed by atoms with Gasteiger partial charge in [0.15, 0.2) is 0 Å². The summed E-state index contributed by atoms with van der Waals surface area (Å²) in [6.45, 7) is 7.65. The van der Waals surface area contributed by atoms with E-state index in [0.29, 0.717) is 6.54 Å². The molecule has 0 atom stereocenters. The Bertz CT molecular complexity index is 1150. The number of amides is 1. The summed E-state index contributed by atoms with van der Waals surface area (Å²) in [6.07, 6.45) is 2.09. The van der Waals surface area contributed by atoms with Gasteiger partial charge in [-0.05, 0) is 55.3 Å². The minimum Gasteiger partial charge on any atom is -0.345 e. The molecule has 1 aromatic heterocycles. The molecule has 152 valence electrons. The first kappa shape index (κ1) is 20.0. The fraction of sp³-hybridized carbons (Fsp3) is 0.222. The fourth-order valence-corrected chi connectivity index (χ4v) is 3.86. The van der Waals surface area contributed by atoms with Crippen LogP contribution in [0.2, 0.25) is 0 Å². The molecule has 0 aliphatic heterocycles. The molecule has 30 heavy (non-hydrogen) atoms. The topological polar surface area (TPSA) is 25.2 Å². The lowest BCUT2D eigenvalue weighted by Crippen LogP contribution is -2.45. The Hall–Kier alpha value is -3.33. The molecule has 0 fully saturated rings. The van der Waals surface area contributed by atoms with E-state index in [9.17, 15) is 4.79 Å². The molecular weight excluding hydrogens is 368 g/mol. The molecule has 0 radical (unpaired) electrons. The van der Waals surface area contributed by atoms with Crippen molar-refractivity contribution < 1.29 is 4.79 Å². The number of benzene rings is 3. The van der Waals surface area contributed by atoms with Crippen LogP contribution in [0.1, 0.15) is 42.4 Å². The van der Waals surface area contributed by atoms with Crippen molar-refractivity contribution in [3.05, 3.63) is 108 Å². The van der Waals surface area contributed by atoms with Crippen molar-refractivity contribution in [3.63, 3.8) is 0 Å². The van der Waals surface area contributed by atoms with Gasteiger partial charge in [0.2, 0.25) is 0 Å². The third kappa shape index (κ3) is 4.16. The molecule has 0 aliphatic carbocycles. The monoisotopic (exact) mass is 396 g/mol. The fourth-order valence-electron chi connectivity index (χ4n) is 3.86. The van der Waals surface area contributed by atoms with Gasteiger partial charge in [-0.1, -0.05) is 66.7 Å². The van der Waals surface area contributed by atoms with Crippen LogP contribution < -0.4 is 0 Å². The van der Waals surface area contributed by atoms with E-state index in [0.717, 1.165) is 28.6 Å². The summed E-state index contributed by atoms with van der Waals surface area (Å²) in [7, 11) is 0. The van der Waals surface area contributed by atoms with Crippen molar-refractivity contribution in [2.75, 3.05) is 0 Å². The minimum atomic E-state index is -0.310. The summed E-state index contributed by atoms with van der Waals surface area (Å²) in [5.74, 6) is 0.0618. The van der Waals surface area contributed by atoms with Gasteiger partial charge >= 0.3 is 0 Å². The average Bonchev–Trinajstić information content (AvgIpc) is 3.17. The number of carbonyl (C=O) groups excluding carboxylic acids is 1. The summed E-state index contributed by atoms with van der Waals surface area (Å²) in [4.78, 5) is 15.7. The molecule has 0 unspecified atom stereocenters. The predicted molar refractivity (Wildman–Crippen MR) is 124 cm³/mol. The summed E-state index contributed by atoms with van der Waals surface area (Å²) < 4.78 is 2.23. The van der Waals surface area contributed by atoms with Gasteiger partial charge in [0.1, 0.15) is 0 Å². The molecule has 3 nitrogen and oxygen atoms in total. The molecule has 0 spiro atoms. The van der Waals surface area contributed by atoms with E-state index in [1.807, 2.05) is 41.3 Å². The van der Waals surface area contributed by atoms with Crippen LogP contribution in [0.3, 0.4) is 0 Å². The van der Waals surface area contributed by atoms with Crippen molar-refractivity contribution in [1.29, 1.82) is 0 Å².